The molecule has 1 unspecified atom stereocenters. The van der Waals surface area contributed by atoms with Crippen LogP contribution in [0.15, 0.2) is 47.3 Å². The smallest absolute Gasteiger partial charge is 0.271 e. The van der Waals surface area contributed by atoms with Gasteiger partial charge in [0.15, 0.2) is 0 Å². The lowest BCUT2D eigenvalue weighted by molar-refractivity contribution is 0.0864. The fraction of sp³-hybridized carbons (Fsp3) is 0.421. The molecule has 1 saturated heterocycles. The van der Waals surface area contributed by atoms with E-state index < -0.39 is 0 Å². The first-order chi connectivity index (χ1) is 12.6. The number of rotatable bonds is 6. The van der Waals surface area contributed by atoms with Gasteiger partial charge in [0, 0.05) is 44.8 Å². The lowest BCUT2D eigenvalue weighted by atomic mass is 10.0. The van der Waals surface area contributed by atoms with Crippen LogP contribution in [0.4, 0.5) is 0 Å². The second-order valence-electron chi connectivity index (χ2n) is 6.64. The maximum absolute atomic E-state index is 12.0. The molecule has 1 aromatic heterocycles. The van der Waals surface area contributed by atoms with Gasteiger partial charge in [-0.3, -0.25) is 14.5 Å². The van der Waals surface area contributed by atoms with Gasteiger partial charge in [0.05, 0.1) is 0 Å². The van der Waals surface area contributed by atoms with Crippen molar-refractivity contribution >= 4 is 5.91 Å². The molecule has 1 fully saturated rings. The van der Waals surface area contributed by atoms with Crippen LogP contribution < -0.4 is 10.9 Å². The number of benzene rings is 1. The van der Waals surface area contributed by atoms with E-state index in [0.29, 0.717) is 12.6 Å². The molecule has 26 heavy (non-hydrogen) atoms. The molecule has 2 aromatic rings. The Labute approximate surface area is 153 Å². The van der Waals surface area contributed by atoms with Crippen LogP contribution in [-0.4, -0.2) is 65.7 Å². The number of nitrogens with one attached hydrogen (secondary N) is 2. The summed E-state index contributed by atoms with van der Waals surface area (Å²) in [4.78, 5) is 27.9. The van der Waals surface area contributed by atoms with E-state index in [4.69, 9.17) is 0 Å². The molecular formula is C19H25N5O2. The van der Waals surface area contributed by atoms with Crippen LogP contribution in [0.2, 0.25) is 0 Å². The second-order valence-corrected chi connectivity index (χ2v) is 6.64. The maximum atomic E-state index is 12.0. The van der Waals surface area contributed by atoms with Crippen molar-refractivity contribution in [2.45, 2.75) is 12.5 Å². The molecule has 0 saturated carbocycles. The monoisotopic (exact) mass is 355 g/mol. The summed E-state index contributed by atoms with van der Waals surface area (Å²) in [6.07, 6.45) is 0.863. The van der Waals surface area contributed by atoms with Crippen molar-refractivity contribution in [3.63, 3.8) is 0 Å². The zero-order valence-corrected chi connectivity index (χ0v) is 15.0. The van der Waals surface area contributed by atoms with Crippen LogP contribution in [0.25, 0.3) is 0 Å². The van der Waals surface area contributed by atoms with E-state index in [2.05, 4.69) is 56.6 Å². The minimum absolute atomic E-state index is 0.228. The van der Waals surface area contributed by atoms with Crippen LogP contribution in [0.1, 0.15) is 28.5 Å². The Morgan fingerprint density at radius 1 is 1.23 bits per heavy atom. The number of aromatic nitrogens is 2. The van der Waals surface area contributed by atoms with Crippen molar-refractivity contribution in [1.82, 2.24) is 25.3 Å². The van der Waals surface area contributed by atoms with E-state index in [0.717, 1.165) is 32.6 Å². The lowest BCUT2D eigenvalue weighted by Crippen LogP contribution is -2.47. The normalized spacial score (nSPS) is 18.6. The predicted octanol–water partition coefficient (Wildman–Crippen LogP) is 0.879. The molecule has 1 aromatic carbocycles. The van der Waals surface area contributed by atoms with Gasteiger partial charge in [-0.15, -0.1) is 0 Å². The largest absolute Gasteiger partial charge is 0.351 e. The Bertz CT molecular complexity index is 757. The average molecular weight is 355 g/mol. The van der Waals surface area contributed by atoms with E-state index in [9.17, 15) is 9.59 Å². The highest BCUT2D eigenvalue weighted by molar-refractivity contribution is 5.91. The molecule has 1 amide bonds. The molecule has 0 radical (unpaired) electrons. The third-order valence-electron chi connectivity index (χ3n) is 4.70. The molecule has 2 heterocycles. The molecule has 0 spiro atoms. The summed E-state index contributed by atoms with van der Waals surface area (Å²) < 4.78 is 0. The van der Waals surface area contributed by atoms with E-state index in [-0.39, 0.29) is 17.2 Å². The number of H-pyrrole nitrogens is 1. The van der Waals surface area contributed by atoms with Crippen molar-refractivity contribution in [1.29, 1.82) is 0 Å². The van der Waals surface area contributed by atoms with Gasteiger partial charge >= 0.3 is 0 Å². The van der Waals surface area contributed by atoms with Crippen LogP contribution in [0.3, 0.4) is 0 Å². The van der Waals surface area contributed by atoms with Gasteiger partial charge < -0.3 is 10.2 Å². The first-order valence-electron chi connectivity index (χ1n) is 8.95. The van der Waals surface area contributed by atoms with E-state index in [1.165, 1.54) is 17.7 Å². The molecule has 7 nitrogen and oxygen atoms in total. The van der Waals surface area contributed by atoms with Gasteiger partial charge in [0.2, 0.25) is 0 Å². The van der Waals surface area contributed by atoms with Gasteiger partial charge in [-0.2, -0.15) is 5.10 Å². The zero-order chi connectivity index (χ0) is 18.4. The molecule has 1 atom stereocenters. The fourth-order valence-electron chi connectivity index (χ4n) is 3.26. The highest BCUT2D eigenvalue weighted by Crippen LogP contribution is 2.24. The van der Waals surface area contributed by atoms with Crippen molar-refractivity contribution in [2.75, 3.05) is 39.8 Å². The van der Waals surface area contributed by atoms with Crippen LogP contribution in [0, 0.1) is 0 Å². The quantitative estimate of drug-likeness (QED) is 0.752. The first-order valence-corrected chi connectivity index (χ1v) is 8.95. The lowest BCUT2D eigenvalue weighted by Gasteiger charge is -2.40. The Morgan fingerprint density at radius 3 is 2.77 bits per heavy atom. The first kappa shape index (κ1) is 18.3. The summed E-state index contributed by atoms with van der Waals surface area (Å²) >= 11 is 0. The number of piperazine rings is 1. The SMILES string of the molecule is CN1CCN(CCCNC(=O)c2ccc(=O)[nH]n2)C(c2ccccc2)C1. The van der Waals surface area contributed by atoms with Crippen molar-refractivity contribution in [2.24, 2.45) is 0 Å². The number of carbonyl (C=O) groups is 1. The van der Waals surface area contributed by atoms with Gasteiger partial charge in [-0.1, -0.05) is 30.3 Å². The molecule has 1 aliphatic rings. The minimum Gasteiger partial charge on any atom is -0.351 e. The Morgan fingerprint density at radius 2 is 2.04 bits per heavy atom. The number of hydrogen-bond acceptors (Lipinski definition) is 5. The van der Waals surface area contributed by atoms with Gasteiger partial charge in [0.25, 0.3) is 11.5 Å². The summed E-state index contributed by atoms with van der Waals surface area (Å²) in [6.45, 7) is 4.58. The molecule has 1 aliphatic heterocycles. The fourth-order valence-corrected chi connectivity index (χ4v) is 3.26. The molecule has 0 bridgehead atoms. The highest BCUT2D eigenvalue weighted by atomic mass is 16.2. The van der Waals surface area contributed by atoms with E-state index in [1.54, 1.807) is 0 Å². The standard InChI is InChI=1S/C19H25N5O2/c1-23-12-13-24(17(14-23)15-6-3-2-4-7-15)11-5-10-20-19(26)16-8-9-18(25)22-21-16/h2-4,6-9,17H,5,10-14H2,1H3,(H,20,26)(H,22,25). The number of likely N-dealkylation sites (N-methyl/N-ethyl adjacent to an activating group) is 1. The number of carbonyl (C=O) groups excluding carboxylic acids is 1. The zero-order valence-electron chi connectivity index (χ0n) is 15.0. The van der Waals surface area contributed by atoms with Crippen molar-refractivity contribution in [3.05, 3.63) is 64.1 Å². The van der Waals surface area contributed by atoms with Gasteiger partial charge in [-0.25, -0.2) is 5.10 Å². The molecule has 7 heteroatoms. The predicted molar refractivity (Wildman–Crippen MR) is 100 cm³/mol. The number of hydrogen-bond donors (Lipinski definition) is 2. The van der Waals surface area contributed by atoms with Crippen LogP contribution >= 0.6 is 0 Å². The Balaban J connectivity index is 1.50. The minimum atomic E-state index is -0.316. The molecule has 2 N–H and O–H groups in total. The molecule has 138 valence electrons. The average Bonchev–Trinajstić information content (AvgIpc) is 2.67. The number of amides is 1. The molecular weight excluding hydrogens is 330 g/mol. The third-order valence-corrected chi connectivity index (χ3v) is 4.70. The third kappa shape index (κ3) is 4.77. The number of nitrogens with zero attached hydrogens (tertiary/aromatic N) is 3. The Kier molecular flexibility index (Phi) is 6.14. The summed E-state index contributed by atoms with van der Waals surface area (Å²) in [6, 6.07) is 13.7. The van der Waals surface area contributed by atoms with E-state index >= 15 is 0 Å². The summed E-state index contributed by atoms with van der Waals surface area (Å²) in [5, 5.41) is 8.87. The van der Waals surface area contributed by atoms with Crippen molar-refractivity contribution in [3.8, 4) is 0 Å². The van der Waals surface area contributed by atoms with Crippen LogP contribution in [0.5, 0.6) is 0 Å². The van der Waals surface area contributed by atoms with Crippen molar-refractivity contribution < 1.29 is 4.79 Å². The maximum Gasteiger partial charge on any atom is 0.271 e. The Hall–Kier alpha value is -2.51. The van der Waals surface area contributed by atoms with E-state index in [1.807, 2.05) is 6.07 Å². The topological polar surface area (TPSA) is 81.3 Å². The summed E-state index contributed by atoms with van der Waals surface area (Å²) in [7, 11) is 2.16. The molecule has 3 rings (SSSR count). The summed E-state index contributed by atoms with van der Waals surface area (Å²) in [5.74, 6) is -0.265. The number of aromatic amines is 1. The van der Waals surface area contributed by atoms with Gasteiger partial charge in [-0.05, 0) is 25.1 Å². The summed E-state index contributed by atoms with van der Waals surface area (Å²) in [5.41, 5.74) is 1.25. The highest BCUT2D eigenvalue weighted by Gasteiger charge is 2.25. The van der Waals surface area contributed by atoms with Crippen LogP contribution in [-0.2, 0) is 0 Å². The van der Waals surface area contributed by atoms with Gasteiger partial charge in [0.1, 0.15) is 5.69 Å². The second kappa shape index (κ2) is 8.73. The molecule has 0 aliphatic carbocycles.